The number of halogens is 1. The lowest BCUT2D eigenvalue weighted by atomic mass is 9.94. The van der Waals surface area contributed by atoms with Crippen LogP contribution in [-0.2, 0) is 11.2 Å². The van der Waals surface area contributed by atoms with E-state index in [4.69, 9.17) is 10.4 Å². The molecule has 162 valence electrons. The van der Waals surface area contributed by atoms with Crippen molar-refractivity contribution in [3.8, 4) is 6.07 Å². The van der Waals surface area contributed by atoms with Gasteiger partial charge in [0.2, 0.25) is 5.95 Å². The Morgan fingerprint density at radius 2 is 1.97 bits per heavy atom. The fourth-order valence-electron chi connectivity index (χ4n) is 3.61. The molecule has 0 saturated carbocycles. The summed E-state index contributed by atoms with van der Waals surface area (Å²) >= 11 is 2.22. The van der Waals surface area contributed by atoms with E-state index in [0.29, 0.717) is 47.1 Å². The second-order valence-corrected chi connectivity index (χ2v) is 8.63. The van der Waals surface area contributed by atoms with Crippen LogP contribution in [0, 0.1) is 14.9 Å². The number of aliphatic hydroxyl groups excluding tert-OH is 1. The highest BCUT2D eigenvalue weighted by atomic mass is 127. The van der Waals surface area contributed by atoms with Gasteiger partial charge in [-0.05, 0) is 77.9 Å². The van der Waals surface area contributed by atoms with E-state index in [1.165, 1.54) is 0 Å². The fraction of sp³-hybridized carbons (Fsp3) is 0.217. The summed E-state index contributed by atoms with van der Waals surface area (Å²) in [6, 6.07) is 16.3. The van der Waals surface area contributed by atoms with Gasteiger partial charge in [0, 0.05) is 28.0 Å². The Bertz CT molecular complexity index is 1210. The summed E-state index contributed by atoms with van der Waals surface area (Å²) in [7, 11) is 0. The van der Waals surface area contributed by atoms with E-state index in [2.05, 4.69) is 49.4 Å². The molecule has 3 aromatic rings. The predicted octanol–water partition coefficient (Wildman–Crippen LogP) is 3.61. The molecule has 0 fully saturated rings. The number of carbonyl (C=O) groups is 1. The molecule has 1 atom stereocenters. The van der Waals surface area contributed by atoms with Crippen molar-refractivity contribution in [3.63, 3.8) is 0 Å². The molecule has 1 aromatic heterocycles. The molecule has 0 bridgehead atoms. The van der Waals surface area contributed by atoms with Crippen LogP contribution in [0.5, 0.6) is 0 Å². The van der Waals surface area contributed by atoms with Crippen molar-refractivity contribution >= 4 is 40.1 Å². The zero-order valence-electron chi connectivity index (χ0n) is 17.3. The lowest BCUT2D eigenvalue weighted by Gasteiger charge is -2.28. The minimum atomic E-state index is -0.516. The van der Waals surface area contributed by atoms with E-state index in [1.54, 1.807) is 16.8 Å². The number of nitriles is 1. The lowest BCUT2D eigenvalue weighted by molar-refractivity contribution is -0.113. The molecule has 9 heteroatoms. The van der Waals surface area contributed by atoms with Gasteiger partial charge in [-0.3, -0.25) is 4.79 Å². The van der Waals surface area contributed by atoms with Crippen molar-refractivity contribution < 1.29 is 9.90 Å². The number of fused-ring (bicyclic) bond motifs is 1. The molecule has 32 heavy (non-hydrogen) atoms. The van der Waals surface area contributed by atoms with E-state index in [9.17, 15) is 4.79 Å². The van der Waals surface area contributed by atoms with Gasteiger partial charge in [0.1, 0.15) is 6.04 Å². The molecular weight excluding hydrogens is 519 g/mol. The molecule has 1 amide bonds. The minimum Gasteiger partial charge on any atom is -0.396 e. The average molecular weight is 540 g/mol. The van der Waals surface area contributed by atoms with E-state index < -0.39 is 6.04 Å². The number of aliphatic hydroxyl groups is 1. The molecule has 8 nitrogen and oxygen atoms in total. The highest BCUT2D eigenvalue weighted by molar-refractivity contribution is 14.1. The van der Waals surface area contributed by atoms with E-state index in [1.807, 2.05) is 43.3 Å². The number of rotatable bonds is 6. The summed E-state index contributed by atoms with van der Waals surface area (Å²) in [6.45, 7) is 1.89. The topological polar surface area (TPSA) is 116 Å². The number of allylic oxidation sites excluding steroid dienone is 1. The summed E-state index contributed by atoms with van der Waals surface area (Å²) in [5, 5.41) is 29.1. The zero-order chi connectivity index (χ0) is 22.7. The molecule has 2 aromatic carbocycles. The van der Waals surface area contributed by atoms with Crippen molar-refractivity contribution in [3.05, 3.63) is 80.3 Å². The van der Waals surface area contributed by atoms with Crippen molar-refractivity contribution in [2.75, 3.05) is 17.2 Å². The molecule has 1 aliphatic heterocycles. The van der Waals surface area contributed by atoms with Gasteiger partial charge in [-0.15, -0.1) is 0 Å². The average Bonchev–Trinajstić information content (AvgIpc) is 3.20. The lowest BCUT2D eigenvalue weighted by Crippen LogP contribution is -2.31. The number of amides is 1. The van der Waals surface area contributed by atoms with Gasteiger partial charge in [0.25, 0.3) is 5.91 Å². The fourth-order valence-corrected chi connectivity index (χ4v) is 3.97. The molecule has 1 unspecified atom stereocenters. The van der Waals surface area contributed by atoms with Crippen molar-refractivity contribution in [2.24, 2.45) is 0 Å². The molecule has 4 rings (SSSR count). The van der Waals surface area contributed by atoms with Crippen molar-refractivity contribution in [2.45, 2.75) is 25.8 Å². The number of carbonyl (C=O) groups excluding carboxylic acids is 1. The van der Waals surface area contributed by atoms with E-state index >= 15 is 0 Å². The minimum absolute atomic E-state index is 0.0529. The zero-order valence-corrected chi connectivity index (χ0v) is 19.5. The van der Waals surface area contributed by atoms with Gasteiger partial charge in [-0.2, -0.15) is 15.3 Å². The third-order valence-corrected chi connectivity index (χ3v) is 5.88. The van der Waals surface area contributed by atoms with Gasteiger partial charge >= 0.3 is 0 Å². The second-order valence-electron chi connectivity index (χ2n) is 7.38. The van der Waals surface area contributed by atoms with Gasteiger partial charge in [0.05, 0.1) is 17.2 Å². The molecular formula is C23H21IN6O2. The Morgan fingerprint density at radius 3 is 2.62 bits per heavy atom. The molecule has 0 aliphatic carbocycles. The predicted molar refractivity (Wildman–Crippen MR) is 129 cm³/mol. The second kappa shape index (κ2) is 9.50. The number of hydrogen-bond donors (Lipinski definition) is 3. The van der Waals surface area contributed by atoms with Gasteiger partial charge in [-0.1, -0.05) is 12.1 Å². The van der Waals surface area contributed by atoms with Crippen LogP contribution in [0.3, 0.4) is 0 Å². The quantitative estimate of drug-likeness (QED) is 0.412. The number of nitrogens with zero attached hydrogens (tertiary/aromatic N) is 4. The van der Waals surface area contributed by atoms with Crippen LogP contribution < -0.4 is 10.6 Å². The van der Waals surface area contributed by atoms with Crippen LogP contribution in [0.4, 0.5) is 11.6 Å². The first-order chi connectivity index (χ1) is 15.5. The SMILES string of the molecule is CC1=C(C(=O)Nc2ccc(I)cc2)C(c2ccc(C#N)cc2)n2nc(CCCO)nc2N1. The normalized spacial score (nSPS) is 15.0. The van der Waals surface area contributed by atoms with Crippen LogP contribution in [0.1, 0.15) is 36.3 Å². The summed E-state index contributed by atoms with van der Waals surface area (Å²) in [4.78, 5) is 17.9. The number of benzene rings is 2. The molecule has 0 spiro atoms. The number of anilines is 2. The maximum absolute atomic E-state index is 13.4. The Morgan fingerprint density at radius 1 is 1.25 bits per heavy atom. The van der Waals surface area contributed by atoms with Crippen molar-refractivity contribution in [1.82, 2.24) is 14.8 Å². The largest absolute Gasteiger partial charge is 0.396 e. The van der Waals surface area contributed by atoms with Gasteiger partial charge < -0.3 is 15.7 Å². The maximum Gasteiger partial charge on any atom is 0.255 e. The monoisotopic (exact) mass is 540 g/mol. The standard InChI is InChI=1S/C23H21IN6O2/c1-14-20(22(32)27-18-10-8-17(24)9-11-18)21(16-6-4-15(13-25)5-7-16)30-23(26-14)28-19(29-30)3-2-12-31/h4-11,21,31H,2-3,12H2,1H3,(H,27,32)(H,26,28,29). The molecule has 0 radical (unpaired) electrons. The Labute approximate surface area is 199 Å². The smallest absolute Gasteiger partial charge is 0.255 e. The first kappa shape index (κ1) is 22.0. The van der Waals surface area contributed by atoms with Crippen molar-refractivity contribution in [1.29, 1.82) is 5.26 Å². The molecule has 0 saturated heterocycles. The first-order valence-electron chi connectivity index (χ1n) is 10.1. The molecule has 3 N–H and O–H groups in total. The van der Waals surface area contributed by atoms with E-state index in [0.717, 1.165) is 9.13 Å². The highest BCUT2D eigenvalue weighted by Gasteiger charge is 2.34. The van der Waals surface area contributed by atoms with Crippen LogP contribution in [-0.4, -0.2) is 32.4 Å². The number of aromatic nitrogens is 3. The number of nitrogens with one attached hydrogen (secondary N) is 2. The number of aryl methyl sites for hydroxylation is 1. The van der Waals surface area contributed by atoms with Crippen LogP contribution in [0.25, 0.3) is 0 Å². The van der Waals surface area contributed by atoms with Gasteiger partial charge in [0.15, 0.2) is 5.82 Å². The number of hydrogen-bond acceptors (Lipinski definition) is 6. The Balaban J connectivity index is 1.75. The van der Waals surface area contributed by atoms with Crippen LogP contribution in [0.2, 0.25) is 0 Å². The molecule has 2 heterocycles. The summed E-state index contributed by atoms with van der Waals surface area (Å²) < 4.78 is 2.78. The summed E-state index contributed by atoms with van der Waals surface area (Å²) in [5.74, 6) is 0.881. The summed E-state index contributed by atoms with van der Waals surface area (Å²) in [5.41, 5.74) is 3.24. The maximum atomic E-state index is 13.4. The highest BCUT2D eigenvalue weighted by Crippen LogP contribution is 2.36. The van der Waals surface area contributed by atoms with Crippen LogP contribution >= 0.6 is 22.6 Å². The first-order valence-corrected chi connectivity index (χ1v) is 11.2. The van der Waals surface area contributed by atoms with Gasteiger partial charge in [-0.25, -0.2) is 4.68 Å². The third kappa shape index (κ3) is 4.51. The Kier molecular flexibility index (Phi) is 6.53. The summed E-state index contributed by atoms with van der Waals surface area (Å²) in [6.07, 6.45) is 1.08. The van der Waals surface area contributed by atoms with E-state index in [-0.39, 0.29) is 12.5 Å². The third-order valence-electron chi connectivity index (χ3n) is 5.16. The van der Waals surface area contributed by atoms with Crippen LogP contribution in [0.15, 0.2) is 59.8 Å². The molecule has 1 aliphatic rings. The Hall–Kier alpha value is -3.23.